The van der Waals surface area contributed by atoms with Crippen LogP contribution >= 0.6 is 0 Å². The van der Waals surface area contributed by atoms with Crippen LogP contribution in [0.2, 0.25) is 0 Å². The molecule has 1 rings (SSSR count). The normalized spacial score (nSPS) is 12.5. The Morgan fingerprint density at radius 2 is 2.12 bits per heavy atom. The molecule has 3 heteroatoms. The highest BCUT2D eigenvalue weighted by atomic mass is 19.1. The summed E-state index contributed by atoms with van der Waals surface area (Å²) in [4.78, 5) is 0. The van der Waals surface area contributed by atoms with E-state index in [4.69, 9.17) is 4.74 Å². The molecule has 90 valence electrons. The largest absolute Gasteiger partial charge is 0.493 e. The summed E-state index contributed by atoms with van der Waals surface area (Å²) in [5.74, 6) is 0.112. The van der Waals surface area contributed by atoms with Gasteiger partial charge < -0.3 is 9.84 Å². The lowest BCUT2D eigenvalue weighted by Gasteiger charge is -2.13. The summed E-state index contributed by atoms with van der Waals surface area (Å²) in [6.07, 6.45) is 2.53. The van der Waals surface area contributed by atoms with E-state index >= 15 is 0 Å². The molecule has 0 saturated heterocycles. The van der Waals surface area contributed by atoms with Crippen molar-refractivity contribution in [1.29, 1.82) is 0 Å². The Hall–Kier alpha value is -1.09. The molecule has 0 radical (unpaired) electrons. The predicted octanol–water partition coefficient (Wildman–Crippen LogP) is 3.45. The number of unbranched alkanes of at least 4 members (excludes halogenated alkanes) is 2. The van der Waals surface area contributed by atoms with Gasteiger partial charge in [0.1, 0.15) is 11.6 Å². The van der Waals surface area contributed by atoms with Gasteiger partial charge in [0.15, 0.2) is 0 Å². The molecule has 16 heavy (non-hydrogen) atoms. The molecule has 0 aliphatic carbocycles. The molecule has 1 aromatic rings. The van der Waals surface area contributed by atoms with Gasteiger partial charge in [0.05, 0.1) is 12.7 Å². The first kappa shape index (κ1) is 13.0. The van der Waals surface area contributed by atoms with E-state index in [9.17, 15) is 9.50 Å². The van der Waals surface area contributed by atoms with Crippen molar-refractivity contribution in [3.8, 4) is 5.75 Å². The fourth-order valence-corrected chi connectivity index (χ4v) is 1.51. The molecule has 0 heterocycles. The molecule has 1 aromatic carbocycles. The maximum absolute atomic E-state index is 13.0. The molecular formula is C13H19FO2. The molecule has 0 aromatic heterocycles. The lowest BCUT2D eigenvalue weighted by molar-refractivity contribution is 0.190. The van der Waals surface area contributed by atoms with Gasteiger partial charge in [-0.2, -0.15) is 0 Å². The third-order valence-electron chi connectivity index (χ3n) is 2.43. The van der Waals surface area contributed by atoms with E-state index in [2.05, 4.69) is 6.92 Å². The van der Waals surface area contributed by atoms with Gasteiger partial charge in [0.2, 0.25) is 0 Å². The summed E-state index contributed by atoms with van der Waals surface area (Å²) in [6, 6.07) is 4.23. The van der Waals surface area contributed by atoms with E-state index in [1.165, 1.54) is 12.1 Å². The van der Waals surface area contributed by atoms with Crippen molar-refractivity contribution in [3.63, 3.8) is 0 Å². The molecular weight excluding hydrogens is 207 g/mol. The minimum absolute atomic E-state index is 0.338. The van der Waals surface area contributed by atoms with Gasteiger partial charge in [0, 0.05) is 11.6 Å². The summed E-state index contributed by atoms with van der Waals surface area (Å²) in [5.41, 5.74) is 0.637. The van der Waals surface area contributed by atoms with Crippen molar-refractivity contribution in [2.24, 2.45) is 0 Å². The topological polar surface area (TPSA) is 29.5 Å². The molecule has 0 fully saturated rings. The third kappa shape index (κ3) is 3.81. The number of halogens is 1. The minimum Gasteiger partial charge on any atom is -0.493 e. The number of hydrogen-bond acceptors (Lipinski definition) is 2. The number of aliphatic hydroxyl groups excluding tert-OH is 1. The van der Waals surface area contributed by atoms with Crippen LogP contribution in [0, 0.1) is 5.82 Å². The molecule has 1 atom stereocenters. The molecule has 0 amide bonds. The van der Waals surface area contributed by atoms with Gasteiger partial charge in [-0.05, 0) is 25.5 Å². The van der Waals surface area contributed by atoms with Gasteiger partial charge in [-0.25, -0.2) is 4.39 Å². The summed E-state index contributed by atoms with van der Waals surface area (Å²) in [5, 5.41) is 9.50. The zero-order chi connectivity index (χ0) is 12.0. The Balaban J connectivity index is 2.65. The second kappa shape index (κ2) is 6.48. The van der Waals surface area contributed by atoms with Crippen molar-refractivity contribution in [1.82, 2.24) is 0 Å². The average Bonchev–Trinajstić information content (AvgIpc) is 2.24. The van der Waals surface area contributed by atoms with E-state index < -0.39 is 6.10 Å². The second-order valence-electron chi connectivity index (χ2n) is 3.91. The summed E-state index contributed by atoms with van der Waals surface area (Å²) in [6.45, 7) is 4.33. The zero-order valence-corrected chi connectivity index (χ0v) is 9.87. The maximum Gasteiger partial charge on any atom is 0.127 e. The first-order valence-electron chi connectivity index (χ1n) is 5.75. The van der Waals surface area contributed by atoms with Crippen LogP contribution in [0.15, 0.2) is 18.2 Å². The Labute approximate surface area is 96.1 Å². The number of aliphatic hydroxyl groups is 1. The predicted molar refractivity (Wildman–Crippen MR) is 62.1 cm³/mol. The van der Waals surface area contributed by atoms with Crippen molar-refractivity contribution in [2.45, 2.75) is 39.2 Å². The Morgan fingerprint density at radius 3 is 2.75 bits per heavy atom. The maximum atomic E-state index is 13.0. The summed E-state index contributed by atoms with van der Waals surface area (Å²) >= 11 is 0. The Bertz CT molecular complexity index is 324. The van der Waals surface area contributed by atoms with Crippen LogP contribution < -0.4 is 4.74 Å². The second-order valence-corrected chi connectivity index (χ2v) is 3.91. The van der Waals surface area contributed by atoms with Crippen LogP contribution in [0.5, 0.6) is 5.75 Å². The van der Waals surface area contributed by atoms with E-state index in [-0.39, 0.29) is 5.82 Å². The highest BCUT2D eigenvalue weighted by molar-refractivity contribution is 5.35. The SMILES string of the molecule is CCCCCOc1cc(F)ccc1C(C)O. The first-order chi connectivity index (χ1) is 7.65. The lowest BCUT2D eigenvalue weighted by atomic mass is 10.1. The average molecular weight is 226 g/mol. The highest BCUT2D eigenvalue weighted by Gasteiger charge is 2.09. The molecule has 1 unspecified atom stereocenters. The van der Waals surface area contributed by atoms with Crippen LogP contribution in [0.3, 0.4) is 0 Å². The molecule has 0 saturated carbocycles. The Morgan fingerprint density at radius 1 is 1.38 bits per heavy atom. The number of ether oxygens (including phenoxy) is 1. The number of benzene rings is 1. The quantitative estimate of drug-likeness (QED) is 0.753. The molecule has 0 spiro atoms. The third-order valence-corrected chi connectivity index (χ3v) is 2.43. The monoisotopic (exact) mass is 226 g/mol. The summed E-state index contributed by atoms with van der Waals surface area (Å²) in [7, 11) is 0. The number of hydrogen-bond donors (Lipinski definition) is 1. The van der Waals surface area contributed by atoms with Crippen LogP contribution in [0.4, 0.5) is 4.39 Å². The zero-order valence-electron chi connectivity index (χ0n) is 9.87. The van der Waals surface area contributed by atoms with Crippen LogP contribution in [-0.4, -0.2) is 11.7 Å². The fraction of sp³-hybridized carbons (Fsp3) is 0.538. The van der Waals surface area contributed by atoms with E-state index in [1.807, 2.05) is 0 Å². The van der Waals surface area contributed by atoms with Crippen molar-refractivity contribution in [3.05, 3.63) is 29.6 Å². The Kier molecular flexibility index (Phi) is 5.26. The van der Waals surface area contributed by atoms with E-state index in [0.29, 0.717) is 17.9 Å². The van der Waals surface area contributed by atoms with E-state index in [1.54, 1.807) is 13.0 Å². The standard InChI is InChI=1S/C13H19FO2/c1-3-4-5-8-16-13-9-11(14)6-7-12(13)10(2)15/h6-7,9-10,15H,3-5,8H2,1-2H3. The molecule has 2 nitrogen and oxygen atoms in total. The van der Waals surface area contributed by atoms with Gasteiger partial charge in [-0.1, -0.05) is 19.8 Å². The minimum atomic E-state index is -0.637. The van der Waals surface area contributed by atoms with Gasteiger partial charge >= 0.3 is 0 Å². The fourth-order valence-electron chi connectivity index (χ4n) is 1.51. The first-order valence-corrected chi connectivity index (χ1v) is 5.75. The molecule has 1 N–H and O–H groups in total. The molecule has 0 aliphatic heterocycles. The van der Waals surface area contributed by atoms with Crippen LogP contribution in [-0.2, 0) is 0 Å². The van der Waals surface area contributed by atoms with Crippen LogP contribution in [0.1, 0.15) is 44.8 Å². The van der Waals surface area contributed by atoms with Gasteiger partial charge in [-0.15, -0.1) is 0 Å². The van der Waals surface area contributed by atoms with Gasteiger partial charge in [0.25, 0.3) is 0 Å². The van der Waals surface area contributed by atoms with Crippen molar-refractivity contribution in [2.75, 3.05) is 6.61 Å². The van der Waals surface area contributed by atoms with Crippen molar-refractivity contribution < 1.29 is 14.2 Å². The smallest absolute Gasteiger partial charge is 0.127 e. The van der Waals surface area contributed by atoms with E-state index in [0.717, 1.165) is 19.3 Å². The number of rotatable bonds is 6. The van der Waals surface area contributed by atoms with Gasteiger partial charge in [-0.3, -0.25) is 0 Å². The lowest BCUT2D eigenvalue weighted by Crippen LogP contribution is -2.02. The highest BCUT2D eigenvalue weighted by Crippen LogP contribution is 2.26. The van der Waals surface area contributed by atoms with Crippen LogP contribution in [0.25, 0.3) is 0 Å². The summed E-state index contributed by atoms with van der Waals surface area (Å²) < 4.78 is 18.5. The van der Waals surface area contributed by atoms with Crippen molar-refractivity contribution >= 4 is 0 Å². The molecule has 0 bridgehead atoms. The molecule has 0 aliphatic rings.